The molecule has 0 unspecified atom stereocenters. The number of fused-ring (bicyclic) bond motifs is 1. The second-order valence-corrected chi connectivity index (χ2v) is 7.28. The van der Waals surface area contributed by atoms with Gasteiger partial charge in [0.25, 0.3) is 5.91 Å². The number of aliphatic carboxylic acids is 1. The number of benzene rings is 1. The molecule has 9 heteroatoms. The summed E-state index contributed by atoms with van der Waals surface area (Å²) in [5.41, 5.74) is 1.46. The Hall–Kier alpha value is -2.91. The summed E-state index contributed by atoms with van der Waals surface area (Å²) in [6.45, 7) is 0.993. The normalized spacial score (nSPS) is 12.8. The number of hydrogen-bond donors (Lipinski definition) is 3. The lowest BCUT2D eigenvalue weighted by Crippen LogP contribution is -2.29. The zero-order chi connectivity index (χ0) is 20.1. The maximum atomic E-state index is 12.4. The number of carbonyl (C=O) groups excluding carboxylic acids is 2. The number of ether oxygens (including phenoxy) is 2. The van der Waals surface area contributed by atoms with E-state index < -0.39 is 12.6 Å². The zero-order valence-electron chi connectivity index (χ0n) is 15.2. The lowest BCUT2D eigenvalue weighted by Gasteiger charge is -2.11. The number of thiophene rings is 1. The van der Waals surface area contributed by atoms with Crippen molar-refractivity contribution in [2.45, 2.75) is 13.0 Å². The van der Waals surface area contributed by atoms with Crippen LogP contribution in [0.5, 0.6) is 11.5 Å². The highest BCUT2D eigenvalue weighted by molar-refractivity contribution is 7.14. The molecule has 0 spiro atoms. The Labute approximate surface area is 165 Å². The smallest absolute Gasteiger partial charge is 0.341 e. The Morgan fingerprint density at radius 1 is 1.25 bits per heavy atom. The topological polar surface area (TPSA) is 114 Å². The van der Waals surface area contributed by atoms with Crippen LogP contribution < -0.4 is 20.1 Å². The van der Waals surface area contributed by atoms with Crippen LogP contribution in [0.4, 0.5) is 0 Å². The molecular weight excluding hydrogens is 384 g/mol. The fourth-order valence-electron chi connectivity index (χ4n) is 2.81. The number of carboxylic acids is 1. The summed E-state index contributed by atoms with van der Waals surface area (Å²) in [7, 11) is 1.40. The van der Waals surface area contributed by atoms with Gasteiger partial charge in [0, 0.05) is 23.5 Å². The van der Waals surface area contributed by atoms with Crippen molar-refractivity contribution in [1.29, 1.82) is 0 Å². The number of methoxy groups -OCH3 is 1. The van der Waals surface area contributed by atoms with E-state index in [2.05, 4.69) is 10.6 Å². The molecule has 1 aliphatic rings. The Morgan fingerprint density at radius 2 is 2.07 bits per heavy atom. The van der Waals surface area contributed by atoms with Gasteiger partial charge in [0.05, 0.1) is 18.5 Å². The number of ketones is 1. The molecule has 1 aromatic carbocycles. The highest BCUT2D eigenvalue weighted by Gasteiger charge is 2.18. The summed E-state index contributed by atoms with van der Waals surface area (Å²) in [4.78, 5) is 37.2. The molecule has 0 atom stereocenters. The van der Waals surface area contributed by atoms with Gasteiger partial charge in [0.2, 0.25) is 0 Å². The minimum atomic E-state index is -1.11. The molecule has 2 aromatic rings. The van der Waals surface area contributed by atoms with Gasteiger partial charge in [-0.05, 0) is 36.2 Å². The molecule has 3 rings (SSSR count). The first-order valence-corrected chi connectivity index (χ1v) is 9.46. The molecule has 1 aromatic heterocycles. The lowest BCUT2D eigenvalue weighted by molar-refractivity contribution is -0.139. The van der Waals surface area contributed by atoms with Crippen molar-refractivity contribution < 1.29 is 29.0 Å². The van der Waals surface area contributed by atoms with Crippen molar-refractivity contribution in [3.8, 4) is 11.5 Å². The van der Waals surface area contributed by atoms with Gasteiger partial charge in [-0.25, -0.2) is 4.79 Å². The number of Topliss-reactive ketones (excluding diaryl/α,β-unsaturated/α-hetero) is 1. The molecule has 0 saturated carbocycles. The maximum absolute atomic E-state index is 12.4. The van der Waals surface area contributed by atoms with Crippen molar-refractivity contribution in [1.82, 2.24) is 10.6 Å². The van der Waals surface area contributed by atoms with Crippen LogP contribution in [0.2, 0.25) is 0 Å². The fourth-order valence-corrected chi connectivity index (χ4v) is 3.91. The second kappa shape index (κ2) is 8.85. The third-order valence-corrected chi connectivity index (χ3v) is 5.45. The summed E-state index contributed by atoms with van der Waals surface area (Å²) in [5, 5.41) is 14.6. The van der Waals surface area contributed by atoms with Crippen LogP contribution in [-0.2, 0) is 17.8 Å². The molecule has 1 aliphatic heterocycles. The van der Waals surface area contributed by atoms with Crippen LogP contribution in [0, 0.1) is 0 Å². The number of carbonyl (C=O) groups is 3. The summed E-state index contributed by atoms with van der Waals surface area (Å²) in [5.74, 6) is -1.21. The third kappa shape index (κ3) is 4.68. The van der Waals surface area contributed by atoms with Crippen molar-refractivity contribution in [2.75, 3.05) is 26.8 Å². The Bertz CT molecular complexity index is 884. The second-order valence-electron chi connectivity index (χ2n) is 6.14. The van der Waals surface area contributed by atoms with Gasteiger partial charge in [-0.2, -0.15) is 0 Å². The fraction of sp³-hybridized carbons (Fsp3) is 0.316. The average molecular weight is 404 g/mol. The molecule has 148 valence electrons. The van der Waals surface area contributed by atoms with Gasteiger partial charge in [-0.1, -0.05) is 0 Å². The Kier molecular flexibility index (Phi) is 6.27. The summed E-state index contributed by atoms with van der Waals surface area (Å²) in [6, 6.07) is 6.30. The molecule has 0 radical (unpaired) electrons. The molecule has 0 aliphatic carbocycles. The van der Waals surface area contributed by atoms with Gasteiger partial charge < -0.3 is 25.2 Å². The van der Waals surface area contributed by atoms with E-state index in [1.807, 2.05) is 6.07 Å². The van der Waals surface area contributed by atoms with Crippen LogP contribution in [0.15, 0.2) is 24.3 Å². The van der Waals surface area contributed by atoms with Crippen LogP contribution in [0.25, 0.3) is 0 Å². The highest BCUT2D eigenvalue weighted by atomic mass is 32.1. The van der Waals surface area contributed by atoms with Crippen molar-refractivity contribution in [3.63, 3.8) is 0 Å². The van der Waals surface area contributed by atoms with E-state index in [0.29, 0.717) is 10.4 Å². The van der Waals surface area contributed by atoms with Crippen LogP contribution >= 0.6 is 11.3 Å². The molecule has 2 heterocycles. The van der Waals surface area contributed by atoms with Gasteiger partial charge in [0.1, 0.15) is 0 Å². The number of rotatable bonds is 8. The van der Waals surface area contributed by atoms with E-state index in [9.17, 15) is 14.4 Å². The predicted octanol–water partition coefficient (Wildman–Crippen LogP) is 1.48. The quantitative estimate of drug-likeness (QED) is 0.571. The molecule has 1 amide bonds. The minimum absolute atomic E-state index is 0.155. The van der Waals surface area contributed by atoms with Crippen molar-refractivity contribution in [2.24, 2.45) is 0 Å². The van der Waals surface area contributed by atoms with Gasteiger partial charge >= 0.3 is 5.97 Å². The Balaban J connectivity index is 1.61. The van der Waals surface area contributed by atoms with E-state index in [1.165, 1.54) is 41.5 Å². The molecule has 3 N–H and O–H groups in total. The molecule has 0 saturated heterocycles. The van der Waals surface area contributed by atoms with E-state index in [4.69, 9.17) is 14.6 Å². The summed E-state index contributed by atoms with van der Waals surface area (Å²) < 4.78 is 10.3. The number of hydrogen-bond acceptors (Lipinski definition) is 7. The SMILES string of the molecule is COc1cc(C(=O)CNC(=O)c2cc3c(s2)CCNC3)ccc1OCC(=O)O. The molecule has 28 heavy (non-hydrogen) atoms. The maximum Gasteiger partial charge on any atom is 0.341 e. The lowest BCUT2D eigenvalue weighted by atomic mass is 10.1. The standard InChI is InChI=1S/C19H20N2O6S/c1-26-15-6-11(2-3-14(15)27-10-18(23)24)13(22)9-21-19(25)17-7-12-8-20-5-4-16(12)28-17/h2-3,6-7,20H,4-5,8-10H2,1H3,(H,21,25)(H,23,24). The number of nitrogens with one attached hydrogen (secondary N) is 2. The molecular formula is C19H20N2O6S. The van der Waals surface area contributed by atoms with Crippen molar-refractivity contribution >= 4 is 29.0 Å². The van der Waals surface area contributed by atoms with Gasteiger partial charge in [-0.15, -0.1) is 11.3 Å². The molecule has 0 bridgehead atoms. The van der Waals surface area contributed by atoms with Crippen LogP contribution in [0.1, 0.15) is 30.5 Å². The first-order chi connectivity index (χ1) is 13.5. The Morgan fingerprint density at radius 3 is 2.79 bits per heavy atom. The van der Waals surface area contributed by atoms with E-state index >= 15 is 0 Å². The third-order valence-electron chi connectivity index (χ3n) is 4.21. The first kappa shape index (κ1) is 19.8. The summed E-state index contributed by atoms with van der Waals surface area (Å²) >= 11 is 1.46. The highest BCUT2D eigenvalue weighted by Crippen LogP contribution is 2.28. The predicted molar refractivity (Wildman–Crippen MR) is 103 cm³/mol. The van der Waals surface area contributed by atoms with E-state index in [1.54, 1.807) is 0 Å². The summed E-state index contributed by atoms with van der Waals surface area (Å²) in [6.07, 6.45) is 0.905. The largest absolute Gasteiger partial charge is 0.493 e. The van der Waals surface area contributed by atoms with Crippen LogP contribution in [0.3, 0.4) is 0 Å². The average Bonchev–Trinajstić information content (AvgIpc) is 3.14. The van der Waals surface area contributed by atoms with E-state index in [-0.39, 0.29) is 29.7 Å². The molecule has 0 fully saturated rings. The number of amides is 1. The van der Waals surface area contributed by atoms with Gasteiger partial charge in [-0.3, -0.25) is 9.59 Å². The van der Waals surface area contributed by atoms with Crippen molar-refractivity contribution in [3.05, 3.63) is 45.1 Å². The minimum Gasteiger partial charge on any atom is -0.493 e. The first-order valence-electron chi connectivity index (χ1n) is 8.64. The van der Waals surface area contributed by atoms with Gasteiger partial charge in [0.15, 0.2) is 23.9 Å². The van der Waals surface area contributed by atoms with Crippen LogP contribution in [-0.4, -0.2) is 49.6 Å². The zero-order valence-corrected chi connectivity index (χ0v) is 16.1. The number of carboxylic acid groups (broad SMARTS) is 1. The van der Waals surface area contributed by atoms with E-state index in [0.717, 1.165) is 25.1 Å². The monoisotopic (exact) mass is 404 g/mol. The molecule has 8 nitrogen and oxygen atoms in total.